The molecule has 3 aromatic heterocycles. The molecule has 3 heterocycles. The van der Waals surface area contributed by atoms with Crippen molar-refractivity contribution in [2.75, 3.05) is 5.32 Å². The van der Waals surface area contributed by atoms with Gasteiger partial charge >= 0.3 is 0 Å². The lowest BCUT2D eigenvalue weighted by molar-refractivity contribution is 0.477. The number of hydrogen-bond acceptors (Lipinski definition) is 8. The predicted octanol–water partition coefficient (Wildman–Crippen LogP) is 1.32. The summed E-state index contributed by atoms with van der Waals surface area (Å²) < 4.78 is 6.85. The SMILES string of the molecule is Cc1nc(CNc2nc(Cl)nc(-n3cncn3)n2)oc1C. The molecule has 0 unspecified atom stereocenters. The molecule has 10 heteroatoms. The molecule has 108 valence electrons. The molecule has 0 spiro atoms. The minimum Gasteiger partial charge on any atom is -0.444 e. The van der Waals surface area contributed by atoms with Gasteiger partial charge < -0.3 is 9.73 Å². The first-order valence-corrected chi connectivity index (χ1v) is 6.43. The number of halogens is 1. The van der Waals surface area contributed by atoms with Crippen molar-refractivity contribution in [2.24, 2.45) is 0 Å². The zero-order chi connectivity index (χ0) is 14.8. The van der Waals surface area contributed by atoms with E-state index in [1.54, 1.807) is 0 Å². The zero-order valence-corrected chi connectivity index (χ0v) is 12.0. The molecule has 0 fully saturated rings. The molecule has 0 saturated heterocycles. The summed E-state index contributed by atoms with van der Waals surface area (Å²) in [7, 11) is 0. The molecule has 0 radical (unpaired) electrons. The van der Waals surface area contributed by atoms with Gasteiger partial charge in [0.1, 0.15) is 18.4 Å². The first-order valence-electron chi connectivity index (χ1n) is 6.05. The summed E-state index contributed by atoms with van der Waals surface area (Å²) in [5.74, 6) is 1.90. The van der Waals surface area contributed by atoms with Crippen molar-refractivity contribution < 1.29 is 4.42 Å². The van der Waals surface area contributed by atoms with Crippen LogP contribution in [-0.2, 0) is 6.54 Å². The van der Waals surface area contributed by atoms with Crippen molar-refractivity contribution in [3.8, 4) is 5.95 Å². The first-order chi connectivity index (χ1) is 10.1. The number of anilines is 1. The zero-order valence-electron chi connectivity index (χ0n) is 11.3. The van der Waals surface area contributed by atoms with Crippen LogP contribution >= 0.6 is 11.6 Å². The van der Waals surface area contributed by atoms with Crippen LogP contribution < -0.4 is 5.32 Å². The van der Waals surface area contributed by atoms with Gasteiger partial charge in [-0.05, 0) is 25.4 Å². The highest BCUT2D eigenvalue weighted by Gasteiger charge is 2.09. The second kappa shape index (κ2) is 5.44. The van der Waals surface area contributed by atoms with E-state index < -0.39 is 0 Å². The topological polar surface area (TPSA) is 107 Å². The predicted molar refractivity (Wildman–Crippen MR) is 73.1 cm³/mol. The van der Waals surface area contributed by atoms with E-state index in [0.29, 0.717) is 18.4 Å². The van der Waals surface area contributed by atoms with Gasteiger partial charge in [0.15, 0.2) is 0 Å². The molecular weight excluding hydrogens is 296 g/mol. The lowest BCUT2D eigenvalue weighted by atomic mass is 10.4. The standard InChI is InChI=1S/C11H11ClN8O/c1-6-7(2)21-8(16-6)3-14-10-17-9(12)18-11(19-10)20-5-13-4-15-20/h4-5H,3H2,1-2H3,(H,14,17,18,19). The third-order valence-electron chi connectivity index (χ3n) is 2.69. The Bertz CT molecular complexity index is 734. The Kier molecular flexibility index (Phi) is 3.48. The highest BCUT2D eigenvalue weighted by molar-refractivity contribution is 6.28. The minimum absolute atomic E-state index is 0.0535. The Balaban J connectivity index is 1.79. The lowest BCUT2D eigenvalue weighted by Gasteiger charge is -2.04. The third-order valence-corrected chi connectivity index (χ3v) is 2.86. The van der Waals surface area contributed by atoms with Crippen LogP contribution in [0.4, 0.5) is 5.95 Å². The smallest absolute Gasteiger partial charge is 0.258 e. The van der Waals surface area contributed by atoms with Gasteiger partial charge in [-0.2, -0.15) is 24.7 Å². The molecule has 0 aliphatic rings. The minimum atomic E-state index is 0.0535. The number of rotatable bonds is 4. The summed E-state index contributed by atoms with van der Waals surface area (Å²) in [5, 5.41) is 6.97. The van der Waals surface area contributed by atoms with Gasteiger partial charge in [-0.1, -0.05) is 0 Å². The van der Waals surface area contributed by atoms with Gasteiger partial charge in [-0.3, -0.25) is 0 Å². The van der Waals surface area contributed by atoms with Crippen LogP contribution in [0.3, 0.4) is 0 Å². The van der Waals surface area contributed by atoms with E-state index in [1.807, 2.05) is 13.8 Å². The Morgan fingerprint density at radius 3 is 2.76 bits per heavy atom. The van der Waals surface area contributed by atoms with Crippen LogP contribution in [0.15, 0.2) is 17.1 Å². The van der Waals surface area contributed by atoms with Crippen molar-refractivity contribution in [1.29, 1.82) is 0 Å². The number of nitrogens with one attached hydrogen (secondary N) is 1. The third kappa shape index (κ3) is 2.97. The van der Waals surface area contributed by atoms with Gasteiger partial charge in [0.05, 0.1) is 12.2 Å². The van der Waals surface area contributed by atoms with Crippen LogP contribution in [0.25, 0.3) is 5.95 Å². The van der Waals surface area contributed by atoms with E-state index in [-0.39, 0.29) is 11.2 Å². The molecule has 0 saturated carbocycles. The number of aryl methyl sites for hydroxylation is 2. The Labute approximate surface area is 124 Å². The van der Waals surface area contributed by atoms with E-state index >= 15 is 0 Å². The second-order valence-corrected chi connectivity index (χ2v) is 4.51. The molecule has 0 bridgehead atoms. The molecule has 0 amide bonds. The Morgan fingerprint density at radius 1 is 1.24 bits per heavy atom. The molecule has 1 N–H and O–H groups in total. The largest absolute Gasteiger partial charge is 0.444 e. The highest BCUT2D eigenvalue weighted by atomic mass is 35.5. The van der Waals surface area contributed by atoms with Crippen LogP contribution in [-0.4, -0.2) is 34.7 Å². The van der Waals surface area contributed by atoms with Gasteiger partial charge in [0.25, 0.3) is 5.95 Å². The molecular formula is C11H11ClN8O. The van der Waals surface area contributed by atoms with Crippen molar-refractivity contribution in [1.82, 2.24) is 34.7 Å². The fourth-order valence-corrected chi connectivity index (χ4v) is 1.76. The Hall–Kier alpha value is -2.55. The van der Waals surface area contributed by atoms with Crippen LogP contribution in [0.2, 0.25) is 5.28 Å². The van der Waals surface area contributed by atoms with Gasteiger partial charge in [-0.15, -0.1) is 0 Å². The summed E-state index contributed by atoms with van der Waals surface area (Å²) >= 11 is 5.88. The van der Waals surface area contributed by atoms with E-state index in [2.05, 4.69) is 35.3 Å². The van der Waals surface area contributed by atoms with Gasteiger partial charge in [0.2, 0.25) is 17.1 Å². The van der Waals surface area contributed by atoms with E-state index in [4.69, 9.17) is 16.0 Å². The van der Waals surface area contributed by atoms with Crippen LogP contribution in [0.5, 0.6) is 0 Å². The molecule has 3 aromatic rings. The summed E-state index contributed by atoms with van der Waals surface area (Å²) in [4.78, 5) is 20.2. The van der Waals surface area contributed by atoms with Crippen LogP contribution in [0, 0.1) is 13.8 Å². The molecule has 9 nitrogen and oxygen atoms in total. The number of oxazole rings is 1. The normalized spacial score (nSPS) is 10.8. The maximum Gasteiger partial charge on any atom is 0.258 e. The molecule has 0 aliphatic heterocycles. The maximum absolute atomic E-state index is 5.88. The maximum atomic E-state index is 5.88. The number of nitrogens with zero attached hydrogens (tertiary/aromatic N) is 7. The summed E-state index contributed by atoms with van der Waals surface area (Å²) in [6, 6.07) is 0. The van der Waals surface area contributed by atoms with Gasteiger partial charge in [-0.25, -0.2) is 9.97 Å². The lowest BCUT2D eigenvalue weighted by Crippen LogP contribution is -2.09. The average molecular weight is 307 g/mol. The number of hydrogen-bond donors (Lipinski definition) is 1. The molecule has 21 heavy (non-hydrogen) atoms. The van der Waals surface area contributed by atoms with Crippen molar-refractivity contribution >= 4 is 17.5 Å². The quantitative estimate of drug-likeness (QED) is 0.769. The number of aromatic nitrogens is 7. The highest BCUT2D eigenvalue weighted by Crippen LogP contribution is 2.12. The fraction of sp³-hybridized carbons (Fsp3) is 0.273. The van der Waals surface area contributed by atoms with E-state index in [1.165, 1.54) is 17.3 Å². The van der Waals surface area contributed by atoms with Gasteiger partial charge in [0, 0.05) is 0 Å². The molecule has 0 atom stereocenters. The summed E-state index contributed by atoms with van der Waals surface area (Å²) in [6.07, 6.45) is 2.85. The summed E-state index contributed by atoms with van der Waals surface area (Å²) in [5.41, 5.74) is 0.851. The van der Waals surface area contributed by atoms with E-state index in [9.17, 15) is 0 Å². The monoisotopic (exact) mass is 306 g/mol. The first kappa shape index (κ1) is 13.4. The van der Waals surface area contributed by atoms with Crippen molar-refractivity contribution in [3.63, 3.8) is 0 Å². The van der Waals surface area contributed by atoms with E-state index in [0.717, 1.165) is 11.5 Å². The van der Waals surface area contributed by atoms with Crippen molar-refractivity contribution in [2.45, 2.75) is 20.4 Å². The Morgan fingerprint density at radius 2 is 2.10 bits per heavy atom. The second-order valence-electron chi connectivity index (χ2n) is 4.17. The summed E-state index contributed by atoms with van der Waals surface area (Å²) in [6.45, 7) is 4.07. The molecule has 3 rings (SSSR count). The van der Waals surface area contributed by atoms with Crippen LogP contribution in [0.1, 0.15) is 17.3 Å². The van der Waals surface area contributed by atoms with Crippen molar-refractivity contribution in [3.05, 3.63) is 35.3 Å². The fourth-order valence-electron chi connectivity index (χ4n) is 1.60. The molecule has 0 aliphatic carbocycles. The molecule has 0 aromatic carbocycles. The average Bonchev–Trinajstić information content (AvgIpc) is 3.07.